The van der Waals surface area contributed by atoms with Crippen LogP contribution in [0.5, 0.6) is 0 Å². The predicted octanol–water partition coefficient (Wildman–Crippen LogP) is 0.727. The van der Waals surface area contributed by atoms with E-state index in [1.807, 2.05) is 13.8 Å². The minimum atomic E-state index is -0.561. The Kier molecular flexibility index (Phi) is 7.54. The van der Waals surface area contributed by atoms with E-state index in [1.165, 1.54) is 14.2 Å². The van der Waals surface area contributed by atoms with Crippen LogP contribution in [0.25, 0.3) is 0 Å². The summed E-state index contributed by atoms with van der Waals surface area (Å²) < 4.78 is 9.42. The van der Waals surface area contributed by atoms with Crippen LogP contribution in [0.15, 0.2) is 0 Å². The van der Waals surface area contributed by atoms with Crippen LogP contribution >= 0.6 is 0 Å². The molecule has 0 aromatic carbocycles. The zero-order chi connectivity index (χ0) is 12.6. The van der Waals surface area contributed by atoms with Gasteiger partial charge in [0.05, 0.1) is 13.7 Å². The standard InChI is InChI=1S/C11H21NO4/c1-8(2)7-9(11(14)16-4)12-10(13)5-6-15-3/h8-9H,5-7H2,1-4H3,(H,12,13). The summed E-state index contributed by atoms with van der Waals surface area (Å²) in [6.07, 6.45) is 0.827. The quantitative estimate of drug-likeness (QED) is 0.656. The van der Waals surface area contributed by atoms with Crippen LogP contribution < -0.4 is 5.32 Å². The molecule has 1 unspecified atom stereocenters. The molecule has 0 radical (unpaired) electrons. The summed E-state index contributed by atoms with van der Waals surface area (Å²) in [6.45, 7) is 4.32. The van der Waals surface area contributed by atoms with Gasteiger partial charge in [-0.15, -0.1) is 0 Å². The van der Waals surface area contributed by atoms with Gasteiger partial charge in [-0.25, -0.2) is 4.79 Å². The van der Waals surface area contributed by atoms with Gasteiger partial charge in [0.2, 0.25) is 5.91 Å². The van der Waals surface area contributed by atoms with E-state index in [1.54, 1.807) is 0 Å². The number of carbonyl (C=O) groups is 2. The summed E-state index contributed by atoms with van der Waals surface area (Å²) in [5, 5.41) is 2.64. The second kappa shape index (κ2) is 8.10. The smallest absolute Gasteiger partial charge is 0.328 e. The lowest BCUT2D eigenvalue weighted by atomic mass is 10.0. The van der Waals surface area contributed by atoms with Crippen molar-refractivity contribution in [1.29, 1.82) is 0 Å². The fraction of sp³-hybridized carbons (Fsp3) is 0.818. The van der Waals surface area contributed by atoms with E-state index in [4.69, 9.17) is 4.74 Å². The van der Waals surface area contributed by atoms with Crippen molar-refractivity contribution in [2.24, 2.45) is 5.92 Å². The SMILES string of the molecule is COCCC(=O)NC(CC(C)C)C(=O)OC. The maximum absolute atomic E-state index is 11.4. The molecule has 0 spiro atoms. The third kappa shape index (κ3) is 6.40. The Morgan fingerprint density at radius 2 is 1.88 bits per heavy atom. The van der Waals surface area contributed by atoms with Crippen molar-refractivity contribution in [3.8, 4) is 0 Å². The highest BCUT2D eigenvalue weighted by atomic mass is 16.5. The average molecular weight is 231 g/mol. The van der Waals surface area contributed by atoms with Crippen molar-refractivity contribution in [2.45, 2.75) is 32.7 Å². The summed E-state index contributed by atoms with van der Waals surface area (Å²) in [7, 11) is 2.84. The van der Waals surface area contributed by atoms with Gasteiger partial charge in [-0.1, -0.05) is 13.8 Å². The lowest BCUT2D eigenvalue weighted by molar-refractivity contribution is -0.145. The molecule has 0 aliphatic heterocycles. The van der Waals surface area contributed by atoms with Gasteiger partial charge in [-0.05, 0) is 12.3 Å². The minimum Gasteiger partial charge on any atom is -0.467 e. The molecule has 0 aliphatic carbocycles. The van der Waals surface area contributed by atoms with Gasteiger partial charge in [0, 0.05) is 13.5 Å². The Morgan fingerprint density at radius 1 is 1.25 bits per heavy atom. The molecular formula is C11H21NO4. The molecule has 16 heavy (non-hydrogen) atoms. The number of hydrogen-bond acceptors (Lipinski definition) is 4. The van der Waals surface area contributed by atoms with Crippen LogP contribution in [0.3, 0.4) is 0 Å². The summed E-state index contributed by atoms with van der Waals surface area (Å²) in [6, 6.07) is -0.561. The fourth-order valence-corrected chi connectivity index (χ4v) is 1.29. The average Bonchev–Trinajstić information content (AvgIpc) is 2.23. The molecule has 0 bridgehead atoms. The maximum Gasteiger partial charge on any atom is 0.328 e. The van der Waals surface area contributed by atoms with Gasteiger partial charge in [0.25, 0.3) is 0 Å². The summed E-state index contributed by atoms with van der Waals surface area (Å²) in [5.74, 6) is -0.288. The van der Waals surface area contributed by atoms with Crippen LogP contribution in [0.4, 0.5) is 0 Å². The number of esters is 1. The number of methoxy groups -OCH3 is 2. The van der Waals surface area contributed by atoms with Gasteiger partial charge < -0.3 is 14.8 Å². The number of hydrogen-bond donors (Lipinski definition) is 1. The van der Waals surface area contributed by atoms with Crippen molar-refractivity contribution < 1.29 is 19.1 Å². The Morgan fingerprint density at radius 3 is 2.31 bits per heavy atom. The summed E-state index contributed by atoms with van der Waals surface area (Å²) in [5.41, 5.74) is 0. The second-order valence-corrected chi connectivity index (χ2v) is 4.02. The monoisotopic (exact) mass is 231 g/mol. The fourth-order valence-electron chi connectivity index (χ4n) is 1.29. The van der Waals surface area contributed by atoms with Crippen molar-refractivity contribution in [2.75, 3.05) is 20.8 Å². The molecule has 0 aromatic rings. The zero-order valence-corrected chi connectivity index (χ0v) is 10.4. The molecular weight excluding hydrogens is 210 g/mol. The van der Waals surface area contributed by atoms with Crippen LogP contribution in [-0.4, -0.2) is 38.7 Å². The maximum atomic E-state index is 11.4. The van der Waals surface area contributed by atoms with Crippen LogP contribution in [-0.2, 0) is 19.1 Å². The number of rotatable bonds is 7. The van der Waals surface area contributed by atoms with Crippen LogP contribution in [0.1, 0.15) is 26.7 Å². The third-order valence-corrected chi connectivity index (χ3v) is 2.06. The van der Waals surface area contributed by atoms with E-state index in [0.29, 0.717) is 18.9 Å². The molecule has 5 heteroatoms. The van der Waals surface area contributed by atoms with E-state index in [-0.39, 0.29) is 12.3 Å². The Hall–Kier alpha value is -1.10. The Balaban J connectivity index is 4.19. The van der Waals surface area contributed by atoms with E-state index < -0.39 is 12.0 Å². The van der Waals surface area contributed by atoms with E-state index in [0.717, 1.165) is 0 Å². The lowest BCUT2D eigenvalue weighted by Crippen LogP contribution is -2.42. The zero-order valence-electron chi connectivity index (χ0n) is 10.4. The molecule has 0 saturated heterocycles. The molecule has 0 aliphatic rings. The molecule has 1 atom stereocenters. The largest absolute Gasteiger partial charge is 0.467 e. The first-order valence-corrected chi connectivity index (χ1v) is 5.37. The first-order valence-electron chi connectivity index (χ1n) is 5.37. The van der Waals surface area contributed by atoms with Crippen molar-refractivity contribution in [3.63, 3.8) is 0 Å². The van der Waals surface area contributed by atoms with Crippen molar-refractivity contribution in [3.05, 3.63) is 0 Å². The lowest BCUT2D eigenvalue weighted by Gasteiger charge is -2.18. The van der Waals surface area contributed by atoms with Gasteiger partial charge in [-0.2, -0.15) is 0 Å². The highest BCUT2D eigenvalue weighted by Crippen LogP contribution is 2.06. The van der Waals surface area contributed by atoms with Gasteiger partial charge >= 0.3 is 5.97 Å². The molecule has 1 amide bonds. The molecule has 0 rings (SSSR count). The van der Waals surface area contributed by atoms with Gasteiger partial charge in [-0.3, -0.25) is 4.79 Å². The van der Waals surface area contributed by atoms with E-state index in [2.05, 4.69) is 10.1 Å². The normalized spacial score (nSPS) is 12.3. The predicted molar refractivity (Wildman–Crippen MR) is 59.9 cm³/mol. The number of carbonyl (C=O) groups excluding carboxylic acids is 2. The molecule has 0 saturated carbocycles. The summed E-state index contributed by atoms with van der Waals surface area (Å²) >= 11 is 0. The van der Waals surface area contributed by atoms with Gasteiger partial charge in [0.1, 0.15) is 6.04 Å². The van der Waals surface area contributed by atoms with Crippen molar-refractivity contribution in [1.82, 2.24) is 5.32 Å². The van der Waals surface area contributed by atoms with Crippen LogP contribution in [0, 0.1) is 5.92 Å². The molecule has 0 heterocycles. The topological polar surface area (TPSA) is 64.6 Å². The number of amides is 1. The highest BCUT2D eigenvalue weighted by Gasteiger charge is 2.22. The molecule has 5 nitrogen and oxygen atoms in total. The molecule has 94 valence electrons. The molecule has 1 N–H and O–H groups in total. The molecule has 0 aromatic heterocycles. The summed E-state index contributed by atoms with van der Waals surface area (Å²) in [4.78, 5) is 22.8. The third-order valence-electron chi connectivity index (χ3n) is 2.06. The van der Waals surface area contributed by atoms with Gasteiger partial charge in [0.15, 0.2) is 0 Å². The highest BCUT2D eigenvalue weighted by molar-refractivity contribution is 5.84. The van der Waals surface area contributed by atoms with E-state index >= 15 is 0 Å². The number of ether oxygens (including phenoxy) is 2. The van der Waals surface area contributed by atoms with Crippen molar-refractivity contribution >= 4 is 11.9 Å². The molecule has 0 fully saturated rings. The number of nitrogens with one attached hydrogen (secondary N) is 1. The first kappa shape index (κ1) is 14.9. The first-order chi connectivity index (χ1) is 7.51. The second-order valence-electron chi connectivity index (χ2n) is 4.02. The Labute approximate surface area is 96.5 Å². The van der Waals surface area contributed by atoms with Crippen LogP contribution in [0.2, 0.25) is 0 Å². The van der Waals surface area contributed by atoms with E-state index in [9.17, 15) is 9.59 Å². The Bertz CT molecular complexity index is 228. The minimum absolute atomic E-state index is 0.196.